The first-order valence-electron chi connectivity index (χ1n) is 7.43. The zero-order valence-corrected chi connectivity index (χ0v) is 11.8. The molecule has 0 amide bonds. The molecular weight excluding hydrogens is 254 g/mol. The van der Waals surface area contributed by atoms with E-state index >= 15 is 0 Å². The zero-order valence-electron chi connectivity index (χ0n) is 11.8. The molecule has 1 aromatic heterocycles. The maximum Gasteiger partial charge on any atom is 0.225 e. The van der Waals surface area contributed by atoms with E-state index in [0.717, 1.165) is 64.6 Å². The van der Waals surface area contributed by atoms with Crippen molar-refractivity contribution in [3.63, 3.8) is 0 Å². The zero-order chi connectivity index (χ0) is 13.8. The van der Waals surface area contributed by atoms with E-state index in [1.54, 1.807) is 12.4 Å². The molecule has 0 unspecified atom stereocenters. The number of nitrogens with zero attached hydrogens (tertiary/aromatic N) is 4. The van der Waals surface area contributed by atoms with Crippen LogP contribution >= 0.6 is 0 Å². The number of hydrogen-bond donors (Lipinski definition) is 2. The number of rotatable bonds is 3. The highest BCUT2D eigenvalue weighted by Crippen LogP contribution is 2.20. The number of nitrogens with one attached hydrogen (secondary N) is 1. The molecule has 1 aromatic rings. The SMILES string of the molecule is OC1(CN2CCN(c3ncccn3)CC2)CCNCC1. The largest absolute Gasteiger partial charge is 0.388 e. The molecule has 0 atom stereocenters. The van der Waals surface area contributed by atoms with E-state index in [9.17, 15) is 5.11 Å². The minimum Gasteiger partial charge on any atom is -0.388 e. The van der Waals surface area contributed by atoms with Gasteiger partial charge in [-0.25, -0.2) is 9.97 Å². The third kappa shape index (κ3) is 3.26. The van der Waals surface area contributed by atoms with Gasteiger partial charge in [0.2, 0.25) is 5.95 Å². The highest BCUT2D eigenvalue weighted by atomic mass is 16.3. The van der Waals surface area contributed by atoms with Crippen LogP contribution in [0.5, 0.6) is 0 Å². The fourth-order valence-electron chi connectivity index (χ4n) is 3.03. The maximum atomic E-state index is 10.6. The first-order valence-corrected chi connectivity index (χ1v) is 7.43. The van der Waals surface area contributed by atoms with Gasteiger partial charge in [-0.2, -0.15) is 0 Å². The molecule has 0 radical (unpaired) electrons. The first kappa shape index (κ1) is 13.7. The summed E-state index contributed by atoms with van der Waals surface area (Å²) in [6.07, 6.45) is 5.28. The number of aliphatic hydroxyl groups is 1. The topological polar surface area (TPSA) is 64.5 Å². The summed E-state index contributed by atoms with van der Waals surface area (Å²) in [5, 5.41) is 13.9. The molecule has 0 spiro atoms. The molecule has 2 N–H and O–H groups in total. The van der Waals surface area contributed by atoms with Crippen LogP contribution in [0.25, 0.3) is 0 Å². The van der Waals surface area contributed by atoms with E-state index in [-0.39, 0.29) is 0 Å². The van der Waals surface area contributed by atoms with E-state index in [1.807, 2.05) is 6.07 Å². The molecule has 2 saturated heterocycles. The van der Waals surface area contributed by atoms with Crippen LogP contribution in [0.15, 0.2) is 18.5 Å². The standard InChI is InChI=1S/C14H23N5O/c20-14(2-6-15-7-3-14)12-18-8-10-19(11-9-18)13-16-4-1-5-17-13/h1,4-5,15,20H,2-3,6-12H2. The average Bonchev–Trinajstić information content (AvgIpc) is 2.49. The fourth-order valence-corrected chi connectivity index (χ4v) is 3.03. The monoisotopic (exact) mass is 277 g/mol. The van der Waals surface area contributed by atoms with Gasteiger partial charge in [-0.1, -0.05) is 0 Å². The Bertz CT molecular complexity index is 413. The Morgan fingerprint density at radius 3 is 2.40 bits per heavy atom. The predicted molar refractivity (Wildman–Crippen MR) is 77.7 cm³/mol. The van der Waals surface area contributed by atoms with Gasteiger partial charge in [0.05, 0.1) is 5.60 Å². The highest BCUT2D eigenvalue weighted by molar-refractivity contribution is 5.29. The number of β-amino-alcohol motifs (C(OH)–C–C–N with tert-alkyl or cyclic N) is 1. The Kier molecular flexibility index (Phi) is 4.14. The van der Waals surface area contributed by atoms with Crippen molar-refractivity contribution < 1.29 is 5.11 Å². The summed E-state index contributed by atoms with van der Waals surface area (Å²) in [5.74, 6) is 0.813. The van der Waals surface area contributed by atoms with Crippen LogP contribution < -0.4 is 10.2 Å². The Morgan fingerprint density at radius 2 is 1.75 bits per heavy atom. The lowest BCUT2D eigenvalue weighted by molar-refractivity contribution is -0.0219. The third-order valence-electron chi connectivity index (χ3n) is 4.26. The molecule has 0 aliphatic carbocycles. The van der Waals surface area contributed by atoms with Crippen molar-refractivity contribution in [3.8, 4) is 0 Å². The summed E-state index contributed by atoms with van der Waals surface area (Å²) in [5.41, 5.74) is -0.503. The Hall–Kier alpha value is -1.24. The van der Waals surface area contributed by atoms with Crippen molar-refractivity contribution in [1.29, 1.82) is 0 Å². The minimum absolute atomic E-state index is 0.503. The molecule has 3 rings (SSSR count). The van der Waals surface area contributed by atoms with E-state index in [2.05, 4.69) is 25.1 Å². The number of anilines is 1. The van der Waals surface area contributed by atoms with Gasteiger partial charge in [-0.15, -0.1) is 0 Å². The summed E-state index contributed by atoms with van der Waals surface area (Å²) in [6.45, 7) is 6.43. The van der Waals surface area contributed by atoms with Crippen LogP contribution in [0.4, 0.5) is 5.95 Å². The molecular formula is C14H23N5O. The van der Waals surface area contributed by atoms with Gasteiger partial charge >= 0.3 is 0 Å². The van der Waals surface area contributed by atoms with Gasteiger partial charge < -0.3 is 15.3 Å². The molecule has 2 fully saturated rings. The first-order chi connectivity index (χ1) is 9.75. The van der Waals surface area contributed by atoms with Crippen LogP contribution in [0.2, 0.25) is 0 Å². The van der Waals surface area contributed by atoms with Crippen LogP contribution in [-0.4, -0.2) is 71.4 Å². The van der Waals surface area contributed by atoms with Crippen LogP contribution in [0.1, 0.15) is 12.8 Å². The normalized spacial score (nSPS) is 23.8. The Labute approximate surface area is 119 Å². The lowest BCUT2D eigenvalue weighted by Gasteiger charge is -2.41. The van der Waals surface area contributed by atoms with Gasteiger partial charge in [0.15, 0.2) is 0 Å². The summed E-state index contributed by atoms with van der Waals surface area (Å²) in [6, 6.07) is 1.84. The van der Waals surface area contributed by atoms with E-state index in [0.29, 0.717) is 0 Å². The maximum absolute atomic E-state index is 10.6. The van der Waals surface area contributed by atoms with Crippen molar-refractivity contribution in [3.05, 3.63) is 18.5 Å². The molecule has 6 heteroatoms. The predicted octanol–water partition coefficient (Wildman–Crippen LogP) is -0.287. The van der Waals surface area contributed by atoms with Gasteiger partial charge in [0.25, 0.3) is 0 Å². The highest BCUT2D eigenvalue weighted by Gasteiger charge is 2.32. The quantitative estimate of drug-likeness (QED) is 0.792. The Balaban J connectivity index is 1.51. The average molecular weight is 277 g/mol. The number of hydrogen-bond acceptors (Lipinski definition) is 6. The summed E-state index contributed by atoms with van der Waals surface area (Å²) >= 11 is 0. The number of aromatic nitrogens is 2. The smallest absolute Gasteiger partial charge is 0.225 e. The molecule has 0 saturated carbocycles. The molecule has 0 aromatic carbocycles. The molecule has 20 heavy (non-hydrogen) atoms. The van der Waals surface area contributed by atoms with Crippen LogP contribution in [-0.2, 0) is 0 Å². The molecule has 110 valence electrons. The molecule has 3 heterocycles. The lowest BCUT2D eigenvalue weighted by atomic mass is 9.91. The van der Waals surface area contributed by atoms with Crippen molar-refractivity contribution in [2.75, 3.05) is 50.7 Å². The molecule has 6 nitrogen and oxygen atoms in total. The van der Waals surface area contributed by atoms with Gasteiger partial charge in [0, 0.05) is 45.1 Å². The second-order valence-electron chi connectivity index (χ2n) is 5.79. The molecule has 2 aliphatic rings. The van der Waals surface area contributed by atoms with Crippen molar-refractivity contribution in [2.24, 2.45) is 0 Å². The van der Waals surface area contributed by atoms with E-state index < -0.39 is 5.60 Å². The van der Waals surface area contributed by atoms with Gasteiger partial charge in [-0.05, 0) is 32.0 Å². The molecule has 2 aliphatic heterocycles. The second-order valence-corrected chi connectivity index (χ2v) is 5.79. The summed E-state index contributed by atoms with van der Waals surface area (Å²) < 4.78 is 0. The second kappa shape index (κ2) is 6.03. The number of piperidine rings is 1. The van der Waals surface area contributed by atoms with Gasteiger partial charge in [-0.3, -0.25) is 4.90 Å². The minimum atomic E-state index is -0.503. The van der Waals surface area contributed by atoms with Crippen molar-refractivity contribution >= 4 is 5.95 Å². The van der Waals surface area contributed by atoms with Crippen LogP contribution in [0, 0.1) is 0 Å². The molecule has 0 bridgehead atoms. The number of piperazine rings is 1. The third-order valence-corrected chi connectivity index (χ3v) is 4.26. The summed E-state index contributed by atoms with van der Waals surface area (Å²) in [4.78, 5) is 13.2. The fraction of sp³-hybridized carbons (Fsp3) is 0.714. The van der Waals surface area contributed by atoms with E-state index in [4.69, 9.17) is 0 Å². The van der Waals surface area contributed by atoms with Crippen molar-refractivity contribution in [2.45, 2.75) is 18.4 Å². The van der Waals surface area contributed by atoms with E-state index in [1.165, 1.54) is 0 Å². The lowest BCUT2D eigenvalue weighted by Crippen LogP contribution is -2.54. The Morgan fingerprint density at radius 1 is 1.10 bits per heavy atom. The van der Waals surface area contributed by atoms with Gasteiger partial charge in [0.1, 0.15) is 0 Å². The van der Waals surface area contributed by atoms with Crippen molar-refractivity contribution in [1.82, 2.24) is 20.2 Å². The summed E-state index contributed by atoms with van der Waals surface area (Å²) in [7, 11) is 0. The van der Waals surface area contributed by atoms with Crippen LogP contribution in [0.3, 0.4) is 0 Å².